The average Bonchev–Trinajstić information content (AvgIpc) is 2.48. The second kappa shape index (κ2) is 6.14. The third-order valence-electron chi connectivity index (χ3n) is 4.93. The predicted molar refractivity (Wildman–Crippen MR) is 83.3 cm³/mol. The van der Waals surface area contributed by atoms with Gasteiger partial charge in [-0.1, -0.05) is 19.3 Å². The molecular weight excluding hydrogens is 262 g/mol. The van der Waals surface area contributed by atoms with Crippen LogP contribution in [0.5, 0.6) is 0 Å². The number of carbonyl (C=O) groups excluding carboxylic acids is 1. The Balaban J connectivity index is 1.63. The molecule has 1 amide bonds. The molecule has 2 fully saturated rings. The fraction of sp³-hybridized carbons (Fsp3) is 0.647. The lowest BCUT2D eigenvalue weighted by Crippen LogP contribution is -2.57. The van der Waals surface area contributed by atoms with Crippen LogP contribution in [0.25, 0.3) is 0 Å². The first-order valence-electron chi connectivity index (χ1n) is 8.15. The summed E-state index contributed by atoms with van der Waals surface area (Å²) in [6, 6.07) is 3.94. The zero-order valence-electron chi connectivity index (χ0n) is 12.8. The van der Waals surface area contributed by atoms with Crippen molar-refractivity contribution >= 4 is 5.91 Å². The molecule has 1 aliphatic heterocycles. The van der Waals surface area contributed by atoms with E-state index in [2.05, 4.69) is 15.6 Å². The van der Waals surface area contributed by atoms with Gasteiger partial charge >= 0.3 is 0 Å². The van der Waals surface area contributed by atoms with Gasteiger partial charge in [-0.15, -0.1) is 0 Å². The smallest absolute Gasteiger partial charge is 0.251 e. The van der Waals surface area contributed by atoms with E-state index in [1.54, 1.807) is 12.3 Å². The molecule has 1 spiro atoms. The van der Waals surface area contributed by atoms with Crippen molar-refractivity contribution in [3.63, 3.8) is 0 Å². The fourth-order valence-electron chi connectivity index (χ4n) is 3.85. The van der Waals surface area contributed by atoms with E-state index in [0.29, 0.717) is 6.04 Å². The van der Waals surface area contributed by atoms with Crippen molar-refractivity contribution in [3.8, 4) is 0 Å². The van der Waals surface area contributed by atoms with Crippen LogP contribution in [0.15, 0.2) is 18.3 Å². The van der Waals surface area contributed by atoms with Gasteiger partial charge in [-0.3, -0.25) is 9.78 Å². The van der Waals surface area contributed by atoms with Crippen molar-refractivity contribution in [1.82, 2.24) is 15.6 Å². The maximum atomic E-state index is 12.4. The predicted octanol–water partition coefficient (Wildman–Crippen LogP) is 2.57. The molecule has 1 saturated carbocycles. The Labute approximate surface area is 126 Å². The first-order valence-corrected chi connectivity index (χ1v) is 8.15. The number of nitrogens with one attached hydrogen (secondary N) is 2. The van der Waals surface area contributed by atoms with Gasteiger partial charge in [-0.05, 0) is 51.3 Å². The maximum Gasteiger partial charge on any atom is 0.251 e. The third-order valence-corrected chi connectivity index (χ3v) is 4.93. The van der Waals surface area contributed by atoms with Gasteiger partial charge in [0.1, 0.15) is 0 Å². The Morgan fingerprint density at radius 1 is 1.38 bits per heavy atom. The number of aromatic nitrogens is 1. The minimum atomic E-state index is 0.0401. The first kappa shape index (κ1) is 14.5. The Morgan fingerprint density at radius 3 is 2.95 bits per heavy atom. The van der Waals surface area contributed by atoms with Crippen molar-refractivity contribution in [3.05, 3.63) is 29.6 Å². The molecule has 21 heavy (non-hydrogen) atoms. The summed E-state index contributed by atoms with van der Waals surface area (Å²) >= 11 is 0. The van der Waals surface area contributed by atoms with Crippen LogP contribution in [0, 0.1) is 6.92 Å². The van der Waals surface area contributed by atoms with Crippen LogP contribution in [0.3, 0.4) is 0 Å². The second-order valence-electron chi connectivity index (χ2n) is 6.62. The minimum absolute atomic E-state index is 0.0401. The van der Waals surface area contributed by atoms with Crippen LogP contribution < -0.4 is 10.6 Å². The maximum absolute atomic E-state index is 12.4. The number of piperidine rings is 1. The molecule has 2 heterocycles. The largest absolute Gasteiger partial charge is 0.349 e. The Morgan fingerprint density at radius 2 is 2.19 bits per heavy atom. The number of hydrogen-bond donors (Lipinski definition) is 2. The lowest BCUT2D eigenvalue weighted by Gasteiger charge is -2.44. The van der Waals surface area contributed by atoms with Crippen LogP contribution in [0.4, 0.5) is 0 Å². The molecule has 1 aliphatic carbocycles. The number of amides is 1. The van der Waals surface area contributed by atoms with Gasteiger partial charge in [0.25, 0.3) is 5.91 Å². The average molecular weight is 287 g/mol. The molecule has 114 valence electrons. The molecule has 1 aromatic rings. The summed E-state index contributed by atoms with van der Waals surface area (Å²) in [5.41, 5.74) is 1.89. The topological polar surface area (TPSA) is 54.0 Å². The highest BCUT2D eigenvalue weighted by atomic mass is 16.1. The summed E-state index contributed by atoms with van der Waals surface area (Å²) in [4.78, 5) is 16.5. The number of rotatable bonds is 2. The molecule has 4 heteroatoms. The van der Waals surface area contributed by atoms with E-state index >= 15 is 0 Å². The highest BCUT2D eigenvalue weighted by Gasteiger charge is 2.37. The van der Waals surface area contributed by atoms with E-state index < -0.39 is 0 Å². The Kier molecular flexibility index (Phi) is 4.24. The van der Waals surface area contributed by atoms with E-state index in [9.17, 15) is 4.79 Å². The van der Waals surface area contributed by atoms with Gasteiger partial charge < -0.3 is 10.6 Å². The van der Waals surface area contributed by atoms with E-state index in [-0.39, 0.29) is 11.4 Å². The summed E-state index contributed by atoms with van der Waals surface area (Å²) in [6.07, 6.45) is 10.3. The van der Waals surface area contributed by atoms with Crippen LogP contribution in [0.1, 0.15) is 61.0 Å². The van der Waals surface area contributed by atoms with Gasteiger partial charge in [0.2, 0.25) is 0 Å². The SMILES string of the molecule is Cc1cc(C(=O)NC2CCNC3(CCCCC3)C2)ccn1. The second-order valence-corrected chi connectivity index (χ2v) is 6.62. The van der Waals surface area contributed by atoms with Crippen LogP contribution in [0.2, 0.25) is 0 Å². The number of nitrogens with zero attached hydrogens (tertiary/aromatic N) is 1. The molecular formula is C17H25N3O. The number of aryl methyl sites for hydroxylation is 1. The van der Waals surface area contributed by atoms with E-state index in [4.69, 9.17) is 0 Å². The Hall–Kier alpha value is -1.42. The van der Waals surface area contributed by atoms with Gasteiger partial charge in [0.05, 0.1) is 0 Å². The van der Waals surface area contributed by atoms with E-state index in [1.165, 1.54) is 32.1 Å². The van der Waals surface area contributed by atoms with E-state index in [0.717, 1.165) is 30.6 Å². The molecule has 4 nitrogen and oxygen atoms in total. The fourth-order valence-corrected chi connectivity index (χ4v) is 3.85. The van der Waals surface area contributed by atoms with Crippen molar-refractivity contribution in [2.24, 2.45) is 0 Å². The standard InChI is InChI=1S/C17H25N3O/c1-13-11-14(5-9-18-13)16(21)20-15-6-10-19-17(12-15)7-3-2-4-8-17/h5,9,11,15,19H,2-4,6-8,10,12H2,1H3,(H,20,21). The van der Waals surface area contributed by atoms with Crippen LogP contribution >= 0.6 is 0 Å². The number of carbonyl (C=O) groups is 1. The Bertz CT molecular complexity index is 503. The molecule has 0 aromatic carbocycles. The molecule has 1 unspecified atom stereocenters. The molecule has 0 radical (unpaired) electrons. The van der Waals surface area contributed by atoms with Crippen molar-refractivity contribution < 1.29 is 4.79 Å². The highest BCUT2D eigenvalue weighted by molar-refractivity contribution is 5.94. The highest BCUT2D eigenvalue weighted by Crippen LogP contribution is 2.34. The molecule has 1 aromatic heterocycles. The third kappa shape index (κ3) is 3.43. The molecule has 0 bridgehead atoms. The molecule has 2 aliphatic rings. The molecule has 1 saturated heterocycles. The first-order chi connectivity index (χ1) is 10.2. The van der Waals surface area contributed by atoms with Crippen molar-refractivity contribution in [2.45, 2.75) is 63.5 Å². The van der Waals surface area contributed by atoms with Gasteiger partial charge in [-0.25, -0.2) is 0 Å². The zero-order chi connectivity index (χ0) is 14.7. The summed E-state index contributed by atoms with van der Waals surface area (Å²) in [7, 11) is 0. The summed E-state index contributed by atoms with van der Waals surface area (Å²) < 4.78 is 0. The molecule has 1 atom stereocenters. The normalized spacial score (nSPS) is 24.7. The summed E-state index contributed by atoms with van der Waals surface area (Å²) in [5.74, 6) is 0.0401. The molecule has 3 rings (SSSR count). The van der Waals surface area contributed by atoms with E-state index in [1.807, 2.05) is 13.0 Å². The van der Waals surface area contributed by atoms with Crippen molar-refractivity contribution in [1.29, 1.82) is 0 Å². The minimum Gasteiger partial charge on any atom is -0.349 e. The number of hydrogen-bond acceptors (Lipinski definition) is 3. The molecule has 2 N–H and O–H groups in total. The zero-order valence-corrected chi connectivity index (χ0v) is 12.8. The van der Waals surface area contributed by atoms with Gasteiger partial charge in [-0.2, -0.15) is 0 Å². The lowest BCUT2D eigenvalue weighted by molar-refractivity contribution is 0.0892. The summed E-state index contributed by atoms with van der Waals surface area (Å²) in [6.45, 7) is 2.93. The van der Waals surface area contributed by atoms with Gasteiger partial charge in [0, 0.05) is 29.0 Å². The van der Waals surface area contributed by atoms with Crippen LogP contribution in [-0.4, -0.2) is 29.0 Å². The van der Waals surface area contributed by atoms with Crippen LogP contribution in [-0.2, 0) is 0 Å². The van der Waals surface area contributed by atoms with Gasteiger partial charge in [0.15, 0.2) is 0 Å². The quantitative estimate of drug-likeness (QED) is 0.879. The lowest BCUT2D eigenvalue weighted by atomic mass is 9.75. The summed E-state index contributed by atoms with van der Waals surface area (Å²) in [5, 5.41) is 6.95. The monoisotopic (exact) mass is 287 g/mol. The van der Waals surface area contributed by atoms with Crippen molar-refractivity contribution in [2.75, 3.05) is 6.54 Å². The number of pyridine rings is 1.